The summed E-state index contributed by atoms with van der Waals surface area (Å²) in [5, 5.41) is 9.11. The molecule has 2 atom stereocenters. The second-order valence-corrected chi connectivity index (χ2v) is 4.50. The topological polar surface area (TPSA) is 54.4 Å². The summed E-state index contributed by atoms with van der Waals surface area (Å²) in [4.78, 5) is 10.1. The Morgan fingerprint density at radius 3 is 2.67 bits per heavy atom. The first-order valence-corrected chi connectivity index (χ1v) is 4.80. The molecular weight excluding hydrogens is 160 g/mol. The van der Waals surface area contributed by atoms with Gasteiger partial charge in [0.15, 0.2) is 0 Å². The van der Waals surface area contributed by atoms with Gasteiger partial charge in [0.05, 0.1) is 0 Å². The van der Waals surface area contributed by atoms with Crippen molar-refractivity contribution < 1.29 is 14.1 Å². The number of carboxylic acids is 1. The molecule has 0 spiro atoms. The van der Waals surface area contributed by atoms with Crippen LogP contribution in [-0.4, -0.2) is 20.5 Å². The lowest BCUT2D eigenvalue weighted by Crippen LogP contribution is -2.10. The maximum absolute atomic E-state index is 10.5. The third-order valence-electron chi connectivity index (χ3n) is 0.806. The van der Waals surface area contributed by atoms with E-state index in [1.807, 2.05) is 0 Å². The Morgan fingerprint density at radius 2 is 2.44 bits per heavy atom. The van der Waals surface area contributed by atoms with Gasteiger partial charge in [-0.15, -0.1) is 0 Å². The number of aliphatic carboxylic acids is 1. The van der Waals surface area contributed by atoms with Crippen molar-refractivity contribution >= 4 is 26.6 Å². The molecule has 3 nitrogen and oxygen atoms in total. The molecule has 1 heterocycles. The lowest BCUT2D eigenvalue weighted by atomic mass is 10.4. The minimum Gasteiger partial charge on any atom is -0.480 e. The van der Waals surface area contributed by atoms with E-state index in [-0.39, 0.29) is 0 Å². The van der Waals surface area contributed by atoms with Gasteiger partial charge in [0.1, 0.15) is 15.1 Å². The zero-order valence-electron chi connectivity index (χ0n) is 4.31. The number of hydrogen-bond donors (Lipinski definition) is 1. The third-order valence-corrected chi connectivity index (χ3v) is 3.47. The Bertz CT molecular complexity index is 186. The summed E-state index contributed by atoms with van der Waals surface area (Å²) in [7, 11) is -0.183. The van der Waals surface area contributed by atoms with E-state index in [0.717, 1.165) is 10.8 Å². The predicted molar refractivity (Wildman–Crippen MR) is 36.3 cm³/mol. The van der Waals surface area contributed by atoms with Crippen LogP contribution in [0.25, 0.3) is 0 Å². The quantitative estimate of drug-likeness (QED) is 0.569. The van der Waals surface area contributed by atoms with Crippen LogP contribution in [0.15, 0.2) is 11.5 Å². The molecule has 0 saturated heterocycles. The zero-order valence-corrected chi connectivity index (χ0v) is 5.95. The van der Waals surface area contributed by atoms with Gasteiger partial charge in [-0.25, -0.2) is 4.21 Å². The minimum absolute atomic E-state index is 0.606. The molecule has 1 N–H and O–H groups in total. The molecule has 50 valence electrons. The van der Waals surface area contributed by atoms with Crippen LogP contribution in [0.3, 0.4) is 0 Å². The molecule has 0 aromatic heterocycles. The molecule has 1 aliphatic rings. The summed E-state index contributed by atoms with van der Waals surface area (Å²) in [6, 6.07) is 0. The van der Waals surface area contributed by atoms with E-state index in [1.54, 1.807) is 0 Å². The number of hydrogen-bond acceptors (Lipinski definition) is 3. The molecule has 0 saturated carbocycles. The van der Waals surface area contributed by atoms with Crippen LogP contribution in [0.4, 0.5) is 0 Å². The fourth-order valence-electron chi connectivity index (χ4n) is 0.425. The number of carboxylic acid groups (broad SMARTS) is 1. The Labute approximate surface area is 58.0 Å². The first-order chi connectivity index (χ1) is 4.20. The van der Waals surface area contributed by atoms with Gasteiger partial charge in [0, 0.05) is 5.41 Å². The molecule has 0 fully saturated rings. The minimum atomic E-state index is -1.12. The summed E-state index contributed by atoms with van der Waals surface area (Å²) in [5.41, 5.74) is 0. The highest BCUT2D eigenvalue weighted by molar-refractivity contribution is 8.71. The summed E-state index contributed by atoms with van der Waals surface area (Å²) in [5.74, 6) is -0.929. The van der Waals surface area contributed by atoms with Gasteiger partial charge in [0.25, 0.3) is 0 Å². The zero-order chi connectivity index (χ0) is 6.85. The summed E-state index contributed by atoms with van der Waals surface area (Å²) >= 11 is 0. The second kappa shape index (κ2) is 2.53. The Kier molecular flexibility index (Phi) is 1.92. The Balaban J connectivity index is 2.60. The molecule has 9 heavy (non-hydrogen) atoms. The number of rotatable bonds is 1. The van der Waals surface area contributed by atoms with Crippen molar-refractivity contribution in [3.63, 3.8) is 0 Å². The number of carbonyl (C=O) groups is 1. The molecular formula is C4H4O3S2. The van der Waals surface area contributed by atoms with Crippen LogP contribution in [0.2, 0.25) is 0 Å². The van der Waals surface area contributed by atoms with E-state index in [2.05, 4.69) is 0 Å². The van der Waals surface area contributed by atoms with Gasteiger partial charge in [0.2, 0.25) is 0 Å². The van der Waals surface area contributed by atoms with Crippen LogP contribution in [0, 0.1) is 0 Å². The Morgan fingerprint density at radius 1 is 1.78 bits per heavy atom. The van der Waals surface area contributed by atoms with Crippen molar-refractivity contribution in [1.29, 1.82) is 0 Å². The molecule has 0 bridgehead atoms. The summed E-state index contributed by atoms with van der Waals surface area (Å²) < 4.78 is 10.5. The fraction of sp³-hybridized carbons (Fsp3) is 0.250. The molecule has 5 heteroatoms. The molecule has 1 rings (SSSR count). The van der Waals surface area contributed by atoms with Crippen molar-refractivity contribution in [2.45, 2.75) is 5.25 Å². The van der Waals surface area contributed by atoms with E-state index < -0.39 is 21.1 Å². The van der Waals surface area contributed by atoms with Crippen molar-refractivity contribution in [2.24, 2.45) is 0 Å². The van der Waals surface area contributed by atoms with Gasteiger partial charge in [-0.2, -0.15) is 0 Å². The van der Waals surface area contributed by atoms with Crippen molar-refractivity contribution in [1.82, 2.24) is 0 Å². The molecule has 0 aromatic rings. The highest BCUT2D eigenvalue weighted by Gasteiger charge is 2.22. The van der Waals surface area contributed by atoms with E-state index in [9.17, 15) is 9.00 Å². The second-order valence-electron chi connectivity index (χ2n) is 1.44. The lowest BCUT2D eigenvalue weighted by molar-refractivity contribution is -0.135. The van der Waals surface area contributed by atoms with Crippen LogP contribution < -0.4 is 0 Å². The van der Waals surface area contributed by atoms with Crippen molar-refractivity contribution in [2.75, 3.05) is 0 Å². The molecule has 0 aromatic carbocycles. The lowest BCUT2D eigenvalue weighted by Gasteiger charge is -1.94. The highest BCUT2D eigenvalue weighted by atomic mass is 33.1. The largest absolute Gasteiger partial charge is 0.480 e. The van der Waals surface area contributed by atoms with E-state index in [1.165, 1.54) is 11.5 Å². The highest BCUT2D eigenvalue weighted by Crippen LogP contribution is 2.24. The monoisotopic (exact) mass is 164 g/mol. The normalized spacial score (nSPS) is 32.9. The SMILES string of the molecule is O=C(O)C1C=CS(=O)S1. The Hall–Kier alpha value is -0.290. The van der Waals surface area contributed by atoms with Gasteiger partial charge in [-0.3, -0.25) is 4.79 Å². The van der Waals surface area contributed by atoms with Crippen molar-refractivity contribution in [3.05, 3.63) is 11.5 Å². The van der Waals surface area contributed by atoms with E-state index in [0.29, 0.717) is 0 Å². The molecule has 2 unspecified atom stereocenters. The maximum Gasteiger partial charge on any atom is 0.321 e. The summed E-state index contributed by atoms with van der Waals surface area (Å²) in [6.07, 6.45) is 1.43. The van der Waals surface area contributed by atoms with Gasteiger partial charge in [-0.1, -0.05) is 0 Å². The van der Waals surface area contributed by atoms with Crippen molar-refractivity contribution in [3.8, 4) is 0 Å². The van der Waals surface area contributed by atoms with Crippen LogP contribution in [0.5, 0.6) is 0 Å². The average molecular weight is 164 g/mol. The van der Waals surface area contributed by atoms with Gasteiger partial charge < -0.3 is 5.11 Å². The molecule has 0 amide bonds. The molecule has 1 aliphatic heterocycles. The summed E-state index contributed by atoms with van der Waals surface area (Å²) in [6.45, 7) is 0. The average Bonchev–Trinajstić information content (AvgIpc) is 2.14. The molecule has 0 aliphatic carbocycles. The van der Waals surface area contributed by atoms with Crippen LogP contribution in [-0.2, 0) is 14.6 Å². The smallest absolute Gasteiger partial charge is 0.321 e. The first kappa shape index (κ1) is 6.82. The van der Waals surface area contributed by atoms with Crippen LogP contribution in [0.1, 0.15) is 0 Å². The van der Waals surface area contributed by atoms with Crippen LogP contribution >= 0.6 is 10.8 Å². The van der Waals surface area contributed by atoms with Gasteiger partial charge in [-0.05, 0) is 16.9 Å². The third kappa shape index (κ3) is 1.56. The maximum atomic E-state index is 10.5. The predicted octanol–water partition coefficient (Wildman–Crippen LogP) is 0.364. The van der Waals surface area contributed by atoms with E-state index in [4.69, 9.17) is 5.11 Å². The molecule has 0 radical (unpaired) electrons. The van der Waals surface area contributed by atoms with Gasteiger partial charge >= 0.3 is 5.97 Å². The first-order valence-electron chi connectivity index (χ1n) is 2.19. The fourth-order valence-corrected chi connectivity index (χ4v) is 2.74. The standard InChI is InChI=1S/C4H4O3S2/c5-4(6)3-1-2-9(7)8-3/h1-3H,(H,5,6). The van der Waals surface area contributed by atoms with E-state index >= 15 is 0 Å².